The maximum Gasteiger partial charge on any atom is 0.573 e. The predicted molar refractivity (Wildman–Crippen MR) is 122 cm³/mol. The number of hydrogen-bond acceptors (Lipinski definition) is 3. The third kappa shape index (κ3) is 7.69. The largest absolute Gasteiger partial charge is 0.573 e. The number of aryl methyl sites for hydroxylation is 2. The molecule has 1 unspecified atom stereocenters. The molecule has 0 radical (unpaired) electrons. The molecule has 0 saturated carbocycles. The van der Waals surface area contributed by atoms with Crippen molar-refractivity contribution in [3.63, 3.8) is 0 Å². The lowest BCUT2D eigenvalue weighted by Gasteiger charge is -2.18. The van der Waals surface area contributed by atoms with Crippen molar-refractivity contribution in [2.45, 2.75) is 53.1 Å². The van der Waals surface area contributed by atoms with Crippen LogP contribution < -0.4 is 15.4 Å². The van der Waals surface area contributed by atoms with Crippen molar-refractivity contribution >= 4 is 29.9 Å². The van der Waals surface area contributed by atoms with Gasteiger partial charge in [0.2, 0.25) is 0 Å². The summed E-state index contributed by atoms with van der Waals surface area (Å²) in [5.74, 6) is 0.287. The molecule has 0 aliphatic carbocycles. The standard InChI is InChI=1S/C20H28F3N5O.HI/c1-6-24-19(26-13(2)11-17-14(3)27-28(5)15(17)4)25-12-16-9-7-8-10-18(16)29-20(21,22)23;/h7-10,13H,6,11-12H2,1-5H3,(H2,24,25,26);1H. The van der Waals surface area contributed by atoms with Gasteiger partial charge in [0.25, 0.3) is 0 Å². The third-order valence-corrected chi connectivity index (χ3v) is 4.50. The van der Waals surface area contributed by atoms with E-state index in [2.05, 4.69) is 25.5 Å². The molecule has 0 spiro atoms. The second-order valence-corrected chi connectivity index (χ2v) is 6.87. The number of benzene rings is 1. The Labute approximate surface area is 192 Å². The van der Waals surface area contributed by atoms with E-state index < -0.39 is 6.36 Å². The molecule has 0 saturated heterocycles. The van der Waals surface area contributed by atoms with Crippen LogP contribution in [0.2, 0.25) is 0 Å². The Hall–Kier alpha value is -1.98. The van der Waals surface area contributed by atoms with Gasteiger partial charge in [-0.15, -0.1) is 37.1 Å². The Morgan fingerprint density at radius 1 is 1.27 bits per heavy atom. The summed E-state index contributed by atoms with van der Waals surface area (Å²) in [6.07, 6.45) is -3.99. The smallest absolute Gasteiger partial charge is 0.405 e. The normalized spacial score (nSPS) is 12.9. The molecule has 10 heteroatoms. The Balaban J connectivity index is 0.00000450. The van der Waals surface area contributed by atoms with Crippen LogP contribution in [0.3, 0.4) is 0 Å². The molecule has 1 heterocycles. The van der Waals surface area contributed by atoms with Gasteiger partial charge in [-0.05, 0) is 45.7 Å². The number of hydrogen-bond donors (Lipinski definition) is 2. The number of guanidine groups is 1. The van der Waals surface area contributed by atoms with Gasteiger partial charge in [0.1, 0.15) is 5.75 Å². The van der Waals surface area contributed by atoms with E-state index in [0.29, 0.717) is 18.1 Å². The zero-order valence-electron chi connectivity index (χ0n) is 17.8. The summed E-state index contributed by atoms with van der Waals surface area (Å²) in [7, 11) is 1.91. The Morgan fingerprint density at radius 3 is 2.50 bits per heavy atom. The van der Waals surface area contributed by atoms with Crippen molar-refractivity contribution in [2.75, 3.05) is 6.54 Å². The van der Waals surface area contributed by atoms with Gasteiger partial charge in [0.15, 0.2) is 5.96 Å². The van der Waals surface area contributed by atoms with Gasteiger partial charge < -0.3 is 15.4 Å². The van der Waals surface area contributed by atoms with Gasteiger partial charge >= 0.3 is 6.36 Å². The average Bonchev–Trinajstić information content (AvgIpc) is 2.86. The number of aromatic nitrogens is 2. The van der Waals surface area contributed by atoms with Crippen LogP contribution in [-0.2, 0) is 20.0 Å². The summed E-state index contributed by atoms with van der Waals surface area (Å²) in [5.41, 5.74) is 3.62. The van der Waals surface area contributed by atoms with Crippen LogP contribution in [-0.4, -0.2) is 34.7 Å². The number of para-hydroxylation sites is 1. The van der Waals surface area contributed by atoms with E-state index in [4.69, 9.17) is 0 Å². The molecule has 6 nitrogen and oxygen atoms in total. The van der Waals surface area contributed by atoms with E-state index in [1.807, 2.05) is 39.4 Å². The molecule has 1 aromatic carbocycles. The zero-order valence-corrected chi connectivity index (χ0v) is 20.1. The number of rotatable bonds is 7. The lowest BCUT2D eigenvalue weighted by atomic mass is 10.1. The number of ether oxygens (including phenoxy) is 1. The lowest BCUT2D eigenvalue weighted by Crippen LogP contribution is -2.43. The second kappa shape index (κ2) is 11.4. The number of halogens is 4. The highest BCUT2D eigenvalue weighted by atomic mass is 127. The first-order valence-corrected chi connectivity index (χ1v) is 9.48. The van der Waals surface area contributed by atoms with Crippen LogP contribution in [0.4, 0.5) is 13.2 Å². The van der Waals surface area contributed by atoms with E-state index in [1.54, 1.807) is 12.1 Å². The van der Waals surface area contributed by atoms with Crippen molar-refractivity contribution in [3.05, 3.63) is 46.8 Å². The Kier molecular flexibility index (Phi) is 9.92. The number of nitrogens with zero attached hydrogens (tertiary/aromatic N) is 3. The van der Waals surface area contributed by atoms with Gasteiger partial charge in [-0.3, -0.25) is 4.68 Å². The van der Waals surface area contributed by atoms with E-state index in [9.17, 15) is 13.2 Å². The predicted octanol–water partition coefficient (Wildman–Crippen LogP) is 4.24. The minimum atomic E-state index is -4.74. The average molecular weight is 539 g/mol. The van der Waals surface area contributed by atoms with E-state index in [-0.39, 0.29) is 42.3 Å². The number of aliphatic imine (C=N–C) groups is 1. The highest BCUT2D eigenvalue weighted by molar-refractivity contribution is 14.0. The van der Waals surface area contributed by atoms with Crippen molar-refractivity contribution in [3.8, 4) is 5.75 Å². The van der Waals surface area contributed by atoms with Crippen LogP contribution in [0.1, 0.15) is 36.4 Å². The maximum absolute atomic E-state index is 12.6. The molecule has 0 bridgehead atoms. The van der Waals surface area contributed by atoms with Gasteiger partial charge in [-0.1, -0.05) is 18.2 Å². The summed E-state index contributed by atoms with van der Waals surface area (Å²) < 4.78 is 43.7. The van der Waals surface area contributed by atoms with Crippen LogP contribution in [0.15, 0.2) is 29.3 Å². The Morgan fingerprint density at radius 2 is 1.93 bits per heavy atom. The topological polar surface area (TPSA) is 63.5 Å². The minimum Gasteiger partial charge on any atom is -0.405 e. The zero-order chi connectivity index (χ0) is 21.6. The van der Waals surface area contributed by atoms with E-state index in [1.165, 1.54) is 17.7 Å². The second-order valence-electron chi connectivity index (χ2n) is 6.87. The van der Waals surface area contributed by atoms with Gasteiger partial charge in [-0.2, -0.15) is 5.10 Å². The van der Waals surface area contributed by atoms with Crippen LogP contribution in [0.5, 0.6) is 5.75 Å². The molecule has 30 heavy (non-hydrogen) atoms. The minimum absolute atomic E-state index is 0. The van der Waals surface area contributed by atoms with Crippen LogP contribution >= 0.6 is 24.0 Å². The fourth-order valence-electron chi connectivity index (χ4n) is 3.05. The fourth-order valence-corrected chi connectivity index (χ4v) is 3.05. The van der Waals surface area contributed by atoms with E-state index >= 15 is 0 Å². The molecular weight excluding hydrogens is 510 g/mol. The molecule has 168 valence electrons. The first kappa shape index (κ1) is 26.1. The first-order valence-electron chi connectivity index (χ1n) is 9.48. The molecule has 2 rings (SSSR count). The summed E-state index contributed by atoms with van der Waals surface area (Å²) in [4.78, 5) is 4.43. The summed E-state index contributed by atoms with van der Waals surface area (Å²) in [6.45, 7) is 8.64. The quantitative estimate of drug-likeness (QED) is 0.314. The molecule has 1 aromatic heterocycles. The Bertz CT molecular complexity index is 851. The highest BCUT2D eigenvalue weighted by Gasteiger charge is 2.31. The van der Waals surface area contributed by atoms with Crippen LogP contribution in [0, 0.1) is 13.8 Å². The monoisotopic (exact) mass is 539 g/mol. The van der Waals surface area contributed by atoms with Crippen molar-refractivity contribution in [2.24, 2.45) is 12.0 Å². The van der Waals surface area contributed by atoms with E-state index in [0.717, 1.165) is 17.8 Å². The first-order chi connectivity index (χ1) is 13.6. The van der Waals surface area contributed by atoms with Crippen molar-refractivity contribution in [1.82, 2.24) is 20.4 Å². The number of nitrogens with one attached hydrogen (secondary N) is 2. The summed E-state index contributed by atoms with van der Waals surface area (Å²) in [5, 5.41) is 10.9. The summed E-state index contributed by atoms with van der Waals surface area (Å²) in [6, 6.07) is 6.06. The number of alkyl halides is 3. The lowest BCUT2D eigenvalue weighted by molar-refractivity contribution is -0.274. The SMILES string of the molecule is CCNC(=NCc1ccccc1OC(F)(F)F)NC(C)Cc1c(C)nn(C)c1C.I. The van der Waals surface area contributed by atoms with Crippen molar-refractivity contribution < 1.29 is 17.9 Å². The van der Waals surface area contributed by atoms with Crippen LogP contribution in [0.25, 0.3) is 0 Å². The molecule has 0 fully saturated rings. The summed E-state index contributed by atoms with van der Waals surface area (Å²) >= 11 is 0. The molecule has 1 atom stereocenters. The van der Waals surface area contributed by atoms with Gasteiger partial charge in [0.05, 0.1) is 12.2 Å². The van der Waals surface area contributed by atoms with Gasteiger partial charge in [-0.25, -0.2) is 4.99 Å². The third-order valence-electron chi connectivity index (χ3n) is 4.50. The van der Waals surface area contributed by atoms with Gasteiger partial charge in [0, 0.05) is 30.9 Å². The molecule has 2 N–H and O–H groups in total. The highest BCUT2D eigenvalue weighted by Crippen LogP contribution is 2.26. The molecule has 0 aliphatic heterocycles. The molecular formula is C20H29F3IN5O. The molecule has 0 aliphatic rings. The van der Waals surface area contributed by atoms with Crippen molar-refractivity contribution in [1.29, 1.82) is 0 Å². The maximum atomic E-state index is 12.6. The molecule has 2 aromatic rings. The molecule has 0 amide bonds. The fraction of sp³-hybridized carbons (Fsp3) is 0.500.